The number of hydrogen-bond acceptors (Lipinski definition) is 5. The van der Waals surface area contributed by atoms with Gasteiger partial charge in [0.15, 0.2) is 0 Å². The van der Waals surface area contributed by atoms with E-state index < -0.39 is 11.9 Å². The first-order chi connectivity index (χ1) is 15.8. The number of nitrogens with zero attached hydrogens (tertiary/aromatic N) is 2. The number of rotatable bonds is 7. The topological polar surface area (TPSA) is 119 Å². The van der Waals surface area contributed by atoms with Gasteiger partial charge in [-0.05, 0) is 56.4 Å². The van der Waals surface area contributed by atoms with E-state index in [-0.39, 0.29) is 0 Å². The summed E-state index contributed by atoms with van der Waals surface area (Å²) in [5.41, 5.74) is 3.52. The van der Waals surface area contributed by atoms with Crippen LogP contribution in [0.25, 0.3) is 32.6 Å². The number of carboxylic acid groups (broad SMARTS) is 2. The number of nitrogens with one attached hydrogen (secondary N) is 2. The summed E-state index contributed by atoms with van der Waals surface area (Å²) in [6.07, 6.45) is 4.16. The lowest BCUT2D eigenvalue weighted by atomic mass is 10.0. The second-order valence-corrected chi connectivity index (χ2v) is 7.97. The van der Waals surface area contributed by atoms with Crippen molar-refractivity contribution in [3.8, 4) is 0 Å². The molecule has 33 heavy (non-hydrogen) atoms. The second kappa shape index (κ2) is 10.6. The Morgan fingerprint density at radius 3 is 2.42 bits per heavy atom. The highest BCUT2D eigenvalue weighted by Crippen LogP contribution is 2.36. The summed E-state index contributed by atoms with van der Waals surface area (Å²) in [7, 11) is 4.21. The van der Waals surface area contributed by atoms with Crippen LogP contribution >= 0.6 is 0 Å². The molecule has 0 atom stereocenters. The minimum atomic E-state index is -1.26. The molecule has 0 saturated heterocycles. The fourth-order valence-corrected chi connectivity index (χ4v) is 3.67. The molecule has 2 aromatic carbocycles. The van der Waals surface area contributed by atoms with Gasteiger partial charge in [-0.3, -0.25) is 0 Å². The Morgan fingerprint density at radius 2 is 1.76 bits per heavy atom. The number of pyridine rings is 1. The number of fused-ring (bicyclic) bond motifs is 5. The molecule has 8 nitrogen and oxygen atoms in total. The molecule has 4 N–H and O–H groups in total. The lowest BCUT2D eigenvalue weighted by molar-refractivity contribution is -0.134. The van der Waals surface area contributed by atoms with Gasteiger partial charge in [0.25, 0.3) is 0 Å². The molecule has 0 aliphatic heterocycles. The maximum Gasteiger partial charge on any atom is 0.328 e. The quantitative estimate of drug-likeness (QED) is 0.246. The molecule has 0 aliphatic rings. The summed E-state index contributed by atoms with van der Waals surface area (Å²) in [4.78, 5) is 29.6. The number of aryl methyl sites for hydroxylation is 1. The van der Waals surface area contributed by atoms with Crippen molar-refractivity contribution in [2.45, 2.75) is 13.3 Å². The molecule has 0 amide bonds. The zero-order valence-corrected chi connectivity index (χ0v) is 18.9. The molecule has 0 spiro atoms. The molecule has 8 heteroatoms. The van der Waals surface area contributed by atoms with E-state index in [1.807, 2.05) is 6.20 Å². The van der Waals surface area contributed by atoms with Gasteiger partial charge in [-0.15, -0.1) is 0 Å². The van der Waals surface area contributed by atoms with Crippen LogP contribution in [0.15, 0.2) is 54.7 Å². The van der Waals surface area contributed by atoms with E-state index in [1.54, 1.807) is 0 Å². The molecule has 2 heterocycles. The SMILES string of the molecule is Cc1cnc(NCCCN(C)C)c2c1[nH]c1ccc3ccccc3c12.O=C(O)/C=C\C(=O)O. The monoisotopic (exact) mass is 448 g/mol. The van der Waals surface area contributed by atoms with Gasteiger partial charge in [0.2, 0.25) is 0 Å². The molecule has 0 radical (unpaired) electrons. The van der Waals surface area contributed by atoms with Gasteiger partial charge in [-0.1, -0.05) is 30.3 Å². The van der Waals surface area contributed by atoms with Crippen molar-refractivity contribution in [1.82, 2.24) is 14.9 Å². The van der Waals surface area contributed by atoms with Gasteiger partial charge in [0, 0.05) is 35.8 Å². The predicted octanol–water partition coefficient (Wildman–Crippen LogP) is 4.25. The highest BCUT2D eigenvalue weighted by molar-refractivity contribution is 6.23. The lowest BCUT2D eigenvalue weighted by Gasteiger charge is -2.11. The molecule has 4 rings (SSSR count). The van der Waals surface area contributed by atoms with E-state index in [9.17, 15) is 9.59 Å². The van der Waals surface area contributed by atoms with E-state index in [1.165, 1.54) is 38.1 Å². The van der Waals surface area contributed by atoms with E-state index in [0.717, 1.165) is 25.3 Å². The van der Waals surface area contributed by atoms with Crippen LogP contribution < -0.4 is 5.32 Å². The molecule has 0 saturated carbocycles. The van der Waals surface area contributed by atoms with Crippen molar-refractivity contribution in [1.29, 1.82) is 0 Å². The summed E-state index contributed by atoms with van der Waals surface area (Å²) in [5, 5.41) is 24.2. The van der Waals surface area contributed by atoms with Crippen LogP contribution in [0.1, 0.15) is 12.0 Å². The van der Waals surface area contributed by atoms with Gasteiger partial charge >= 0.3 is 11.9 Å². The summed E-state index contributed by atoms with van der Waals surface area (Å²) in [6.45, 7) is 4.10. The van der Waals surface area contributed by atoms with Crippen molar-refractivity contribution < 1.29 is 19.8 Å². The van der Waals surface area contributed by atoms with Gasteiger partial charge in [0.05, 0.1) is 10.9 Å². The molecule has 4 aromatic rings. The van der Waals surface area contributed by atoms with Gasteiger partial charge in [0.1, 0.15) is 5.82 Å². The smallest absolute Gasteiger partial charge is 0.328 e. The normalized spacial score (nSPS) is 11.3. The summed E-state index contributed by atoms with van der Waals surface area (Å²) in [5.74, 6) is -1.54. The number of hydrogen-bond donors (Lipinski definition) is 4. The summed E-state index contributed by atoms with van der Waals surface area (Å²) in [6, 6.07) is 12.9. The molecule has 0 aliphatic carbocycles. The van der Waals surface area contributed by atoms with Crippen LogP contribution in [0.4, 0.5) is 5.82 Å². The van der Waals surface area contributed by atoms with Crippen molar-refractivity contribution in [2.24, 2.45) is 0 Å². The van der Waals surface area contributed by atoms with Crippen molar-refractivity contribution in [2.75, 3.05) is 32.5 Å². The average molecular weight is 449 g/mol. The summed E-state index contributed by atoms with van der Waals surface area (Å²) < 4.78 is 0. The number of carboxylic acids is 2. The van der Waals surface area contributed by atoms with Crippen LogP contribution in [0.5, 0.6) is 0 Å². The number of benzene rings is 2. The van der Waals surface area contributed by atoms with Crippen molar-refractivity contribution >= 4 is 50.3 Å². The van der Waals surface area contributed by atoms with E-state index in [4.69, 9.17) is 15.2 Å². The van der Waals surface area contributed by atoms with Crippen LogP contribution in [0.2, 0.25) is 0 Å². The van der Waals surface area contributed by atoms with Crippen LogP contribution in [0, 0.1) is 6.92 Å². The Labute approximate surface area is 191 Å². The first-order valence-electron chi connectivity index (χ1n) is 10.6. The molecular formula is C25H28N4O4. The maximum atomic E-state index is 9.55. The molecule has 172 valence electrons. The molecule has 0 bridgehead atoms. The first-order valence-corrected chi connectivity index (χ1v) is 10.6. The van der Waals surface area contributed by atoms with E-state index >= 15 is 0 Å². The Balaban J connectivity index is 0.000000331. The number of H-pyrrole nitrogens is 1. The zero-order valence-electron chi connectivity index (χ0n) is 18.9. The van der Waals surface area contributed by atoms with E-state index in [2.05, 4.69) is 72.6 Å². The highest BCUT2D eigenvalue weighted by atomic mass is 16.4. The van der Waals surface area contributed by atoms with Gasteiger partial charge in [-0.2, -0.15) is 0 Å². The number of carbonyl (C=O) groups is 2. The Hall–Kier alpha value is -3.91. The minimum absolute atomic E-state index is 0.558. The first kappa shape index (κ1) is 23.7. The highest BCUT2D eigenvalue weighted by Gasteiger charge is 2.14. The van der Waals surface area contributed by atoms with Crippen LogP contribution in [-0.2, 0) is 9.59 Å². The largest absolute Gasteiger partial charge is 0.478 e. The maximum absolute atomic E-state index is 9.55. The third kappa shape index (κ3) is 5.87. The molecular weight excluding hydrogens is 420 g/mol. The number of aromatic nitrogens is 2. The predicted molar refractivity (Wildman–Crippen MR) is 132 cm³/mol. The zero-order chi connectivity index (χ0) is 24.0. The second-order valence-electron chi connectivity index (χ2n) is 7.97. The molecule has 0 unspecified atom stereocenters. The van der Waals surface area contributed by atoms with Crippen LogP contribution in [0.3, 0.4) is 0 Å². The Kier molecular flexibility index (Phi) is 7.63. The van der Waals surface area contributed by atoms with E-state index in [0.29, 0.717) is 12.2 Å². The average Bonchev–Trinajstić information content (AvgIpc) is 3.18. The molecule has 2 aromatic heterocycles. The third-order valence-corrected chi connectivity index (χ3v) is 5.15. The fourth-order valence-electron chi connectivity index (χ4n) is 3.67. The van der Waals surface area contributed by atoms with Gasteiger partial charge in [-0.25, -0.2) is 14.6 Å². The summed E-state index contributed by atoms with van der Waals surface area (Å²) >= 11 is 0. The van der Waals surface area contributed by atoms with Crippen molar-refractivity contribution in [3.63, 3.8) is 0 Å². The lowest BCUT2D eigenvalue weighted by Crippen LogP contribution is -2.16. The Morgan fingerprint density at radius 1 is 1.06 bits per heavy atom. The Bertz CT molecular complexity index is 1310. The number of aliphatic carboxylic acids is 2. The van der Waals surface area contributed by atoms with Crippen molar-refractivity contribution in [3.05, 3.63) is 60.3 Å². The standard InChI is InChI=1S/C21H24N4.C4H4O4/c1-14-13-23-21(22-11-6-12-25(2)3)19-18-16-8-5-4-7-15(16)9-10-17(18)24-20(14)19;5-3(6)1-2-4(7)8/h4-5,7-10,13,24H,6,11-12H2,1-3H3,(H,22,23);1-2H,(H,5,6)(H,7,8)/b;2-1-. The molecule has 0 fully saturated rings. The number of anilines is 1. The minimum Gasteiger partial charge on any atom is -0.478 e. The number of aromatic amines is 1. The van der Waals surface area contributed by atoms with Gasteiger partial charge < -0.3 is 25.4 Å². The fraction of sp³-hybridized carbons (Fsp3) is 0.240. The van der Waals surface area contributed by atoms with Crippen LogP contribution in [-0.4, -0.2) is 64.2 Å². The third-order valence-electron chi connectivity index (χ3n) is 5.15.